The van der Waals surface area contributed by atoms with Crippen LogP contribution in [0.15, 0.2) is 29.2 Å². The fourth-order valence-corrected chi connectivity index (χ4v) is 3.80. The van der Waals surface area contributed by atoms with Crippen LogP contribution in [-0.2, 0) is 14.8 Å². The number of anilines is 1. The van der Waals surface area contributed by atoms with Crippen LogP contribution in [0.1, 0.15) is 0 Å². The Morgan fingerprint density at radius 3 is 2.52 bits per heavy atom. The Balaban J connectivity index is 1.83. The second-order valence-electron chi connectivity index (χ2n) is 4.90. The quantitative estimate of drug-likeness (QED) is 0.641. The van der Waals surface area contributed by atoms with Crippen molar-refractivity contribution in [3.05, 3.63) is 24.3 Å². The van der Waals surface area contributed by atoms with Gasteiger partial charge in [-0.2, -0.15) is 4.31 Å². The molecule has 8 heteroatoms. The number of nitrogens with zero attached hydrogens (tertiary/aromatic N) is 2. The third kappa shape index (κ3) is 4.62. The number of nitrogens with two attached hydrogens (primary N) is 1. The van der Waals surface area contributed by atoms with E-state index in [0.717, 1.165) is 4.90 Å². The first-order valence-electron chi connectivity index (χ1n) is 6.57. The summed E-state index contributed by atoms with van der Waals surface area (Å²) in [5, 5.41) is 0. The van der Waals surface area contributed by atoms with Crippen molar-refractivity contribution in [2.75, 3.05) is 43.9 Å². The van der Waals surface area contributed by atoms with Gasteiger partial charge in [0.2, 0.25) is 15.9 Å². The van der Waals surface area contributed by atoms with Gasteiger partial charge in [-0.15, -0.1) is 11.8 Å². The van der Waals surface area contributed by atoms with Gasteiger partial charge in [-0.05, 0) is 18.2 Å². The Labute approximate surface area is 129 Å². The van der Waals surface area contributed by atoms with Gasteiger partial charge in [0, 0.05) is 36.8 Å². The lowest BCUT2D eigenvalue weighted by atomic mass is 10.3. The highest BCUT2D eigenvalue weighted by atomic mass is 32.2. The number of nitrogen functional groups attached to an aromatic ring is 1. The molecule has 1 aliphatic rings. The van der Waals surface area contributed by atoms with E-state index in [-0.39, 0.29) is 5.91 Å². The standard InChI is InChI=1S/C13H19N3O3S2/c1-21(18,19)16-7-5-15(6-8-16)13(17)10-20-12-4-2-3-11(14)9-12/h2-4,9H,5-8,10,14H2,1H3. The number of hydrogen-bond acceptors (Lipinski definition) is 5. The number of benzene rings is 1. The van der Waals surface area contributed by atoms with E-state index >= 15 is 0 Å². The molecule has 1 aromatic carbocycles. The van der Waals surface area contributed by atoms with Gasteiger partial charge in [0.05, 0.1) is 12.0 Å². The van der Waals surface area contributed by atoms with Gasteiger partial charge in [-0.25, -0.2) is 8.42 Å². The molecule has 0 radical (unpaired) electrons. The molecule has 0 spiro atoms. The molecular formula is C13H19N3O3S2. The molecule has 6 nitrogen and oxygen atoms in total. The van der Waals surface area contributed by atoms with Gasteiger partial charge >= 0.3 is 0 Å². The minimum Gasteiger partial charge on any atom is -0.399 e. The van der Waals surface area contributed by atoms with Crippen LogP contribution >= 0.6 is 11.8 Å². The number of rotatable bonds is 4. The van der Waals surface area contributed by atoms with E-state index in [1.165, 1.54) is 22.3 Å². The second kappa shape index (κ2) is 6.67. The van der Waals surface area contributed by atoms with Crippen molar-refractivity contribution in [2.45, 2.75) is 4.90 Å². The van der Waals surface area contributed by atoms with Crippen molar-refractivity contribution < 1.29 is 13.2 Å². The van der Waals surface area contributed by atoms with E-state index < -0.39 is 10.0 Å². The fraction of sp³-hybridized carbons (Fsp3) is 0.462. The van der Waals surface area contributed by atoms with Crippen LogP contribution in [0.4, 0.5) is 5.69 Å². The topological polar surface area (TPSA) is 83.7 Å². The number of hydrogen-bond donors (Lipinski definition) is 1. The minimum atomic E-state index is -3.16. The molecule has 0 aliphatic carbocycles. The van der Waals surface area contributed by atoms with Gasteiger partial charge in [0.25, 0.3) is 0 Å². The van der Waals surface area contributed by atoms with Gasteiger partial charge in [-0.1, -0.05) is 6.07 Å². The first-order valence-corrected chi connectivity index (χ1v) is 9.41. The summed E-state index contributed by atoms with van der Waals surface area (Å²) in [6.07, 6.45) is 1.19. The summed E-state index contributed by atoms with van der Waals surface area (Å²) in [4.78, 5) is 14.8. The maximum atomic E-state index is 12.1. The summed E-state index contributed by atoms with van der Waals surface area (Å²) in [6, 6.07) is 7.40. The maximum absolute atomic E-state index is 12.1. The largest absolute Gasteiger partial charge is 0.399 e. The summed E-state index contributed by atoms with van der Waals surface area (Å²) in [6.45, 7) is 1.63. The van der Waals surface area contributed by atoms with Crippen LogP contribution < -0.4 is 5.73 Å². The lowest BCUT2D eigenvalue weighted by molar-refractivity contribution is -0.129. The normalized spacial score (nSPS) is 16.9. The number of piperazine rings is 1. The zero-order valence-electron chi connectivity index (χ0n) is 11.9. The highest BCUT2D eigenvalue weighted by Gasteiger charge is 2.25. The van der Waals surface area contributed by atoms with Gasteiger partial charge in [-0.3, -0.25) is 4.79 Å². The molecular weight excluding hydrogens is 310 g/mol. The van der Waals surface area contributed by atoms with Crippen molar-refractivity contribution in [3.63, 3.8) is 0 Å². The molecule has 116 valence electrons. The van der Waals surface area contributed by atoms with Gasteiger partial charge < -0.3 is 10.6 Å². The molecule has 2 rings (SSSR count). The Morgan fingerprint density at radius 1 is 1.29 bits per heavy atom. The predicted molar refractivity (Wildman–Crippen MR) is 84.6 cm³/mol. The smallest absolute Gasteiger partial charge is 0.233 e. The number of carbonyl (C=O) groups excluding carboxylic acids is 1. The highest BCUT2D eigenvalue weighted by Crippen LogP contribution is 2.20. The van der Waals surface area contributed by atoms with E-state index in [0.29, 0.717) is 37.6 Å². The van der Waals surface area contributed by atoms with Crippen molar-refractivity contribution >= 4 is 33.4 Å². The fourth-order valence-electron chi connectivity index (χ4n) is 2.11. The van der Waals surface area contributed by atoms with Crippen molar-refractivity contribution in [2.24, 2.45) is 0 Å². The Hall–Kier alpha value is -1.25. The van der Waals surface area contributed by atoms with Crippen molar-refractivity contribution in [1.82, 2.24) is 9.21 Å². The van der Waals surface area contributed by atoms with E-state index in [4.69, 9.17) is 5.73 Å². The van der Waals surface area contributed by atoms with Crippen molar-refractivity contribution in [1.29, 1.82) is 0 Å². The molecule has 1 amide bonds. The molecule has 0 unspecified atom stereocenters. The minimum absolute atomic E-state index is 0.0237. The Kier molecular flexibility index (Phi) is 5.13. The van der Waals surface area contributed by atoms with Crippen LogP contribution in [0.5, 0.6) is 0 Å². The molecule has 1 heterocycles. The SMILES string of the molecule is CS(=O)(=O)N1CCN(C(=O)CSc2cccc(N)c2)CC1. The highest BCUT2D eigenvalue weighted by molar-refractivity contribution is 8.00. The molecule has 1 aliphatic heterocycles. The molecule has 1 saturated heterocycles. The molecule has 2 N–H and O–H groups in total. The van der Waals surface area contributed by atoms with Crippen LogP contribution in [0.25, 0.3) is 0 Å². The predicted octanol–water partition coefficient (Wildman–Crippen LogP) is 0.465. The third-order valence-electron chi connectivity index (χ3n) is 3.28. The first-order chi connectivity index (χ1) is 9.86. The van der Waals surface area contributed by atoms with Gasteiger partial charge in [0.15, 0.2) is 0 Å². The van der Waals surface area contributed by atoms with Crippen LogP contribution in [-0.4, -0.2) is 61.7 Å². The van der Waals surface area contributed by atoms with E-state index in [9.17, 15) is 13.2 Å². The third-order valence-corrected chi connectivity index (χ3v) is 5.56. The lowest BCUT2D eigenvalue weighted by Gasteiger charge is -2.33. The zero-order valence-corrected chi connectivity index (χ0v) is 13.5. The van der Waals surface area contributed by atoms with E-state index in [1.54, 1.807) is 11.0 Å². The molecule has 21 heavy (non-hydrogen) atoms. The average molecular weight is 329 g/mol. The Morgan fingerprint density at radius 2 is 1.95 bits per heavy atom. The molecule has 0 aromatic heterocycles. The Bertz CT molecular complexity index is 611. The summed E-state index contributed by atoms with van der Waals surface area (Å²) < 4.78 is 24.2. The van der Waals surface area contributed by atoms with E-state index in [2.05, 4.69) is 0 Å². The zero-order chi connectivity index (χ0) is 15.5. The number of thioether (sulfide) groups is 1. The first kappa shape index (κ1) is 16.1. The van der Waals surface area contributed by atoms with Crippen LogP contribution in [0.2, 0.25) is 0 Å². The number of amides is 1. The molecule has 0 saturated carbocycles. The summed E-state index contributed by atoms with van der Waals surface area (Å²) in [7, 11) is -3.16. The maximum Gasteiger partial charge on any atom is 0.233 e. The summed E-state index contributed by atoms with van der Waals surface area (Å²) >= 11 is 1.44. The molecule has 0 atom stereocenters. The van der Waals surface area contributed by atoms with E-state index in [1.807, 2.05) is 18.2 Å². The number of sulfonamides is 1. The average Bonchev–Trinajstić information content (AvgIpc) is 2.44. The van der Waals surface area contributed by atoms with Crippen molar-refractivity contribution in [3.8, 4) is 0 Å². The summed E-state index contributed by atoms with van der Waals surface area (Å²) in [5.41, 5.74) is 6.37. The second-order valence-corrected chi connectivity index (χ2v) is 7.94. The molecule has 0 bridgehead atoms. The monoisotopic (exact) mass is 329 g/mol. The summed E-state index contributed by atoms with van der Waals surface area (Å²) in [5.74, 6) is 0.359. The van der Waals surface area contributed by atoms with Crippen LogP contribution in [0.3, 0.4) is 0 Å². The number of carbonyl (C=O) groups is 1. The lowest BCUT2D eigenvalue weighted by Crippen LogP contribution is -2.50. The molecule has 1 aromatic rings. The van der Waals surface area contributed by atoms with Crippen LogP contribution in [0, 0.1) is 0 Å². The molecule has 1 fully saturated rings. The van der Waals surface area contributed by atoms with Gasteiger partial charge in [0.1, 0.15) is 0 Å².